The first-order chi connectivity index (χ1) is 13.6. The number of aromatic nitrogens is 3. The summed E-state index contributed by atoms with van der Waals surface area (Å²) in [5.41, 5.74) is 1.50. The van der Waals surface area contributed by atoms with Crippen molar-refractivity contribution in [3.63, 3.8) is 0 Å². The minimum Gasteiger partial charge on any atom is -0.459 e. The van der Waals surface area contributed by atoms with Crippen molar-refractivity contribution in [3.05, 3.63) is 68.5 Å². The molecule has 0 saturated heterocycles. The molecule has 4 aromatic rings. The highest BCUT2D eigenvalue weighted by molar-refractivity contribution is 7.16. The monoisotopic (exact) mass is 431 g/mol. The van der Waals surface area contributed by atoms with Crippen LogP contribution in [-0.4, -0.2) is 20.5 Å². The summed E-state index contributed by atoms with van der Waals surface area (Å²) >= 11 is 8.79. The van der Waals surface area contributed by atoms with E-state index >= 15 is 0 Å². The van der Waals surface area contributed by atoms with Crippen molar-refractivity contribution in [2.75, 3.05) is 0 Å². The number of thiazole rings is 1. The van der Waals surface area contributed by atoms with Gasteiger partial charge >= 0.3 is 5.97 Å². The minimum atomic E-state index is -0.390. The average Bonchev–Trinajstić information content (AvgIpc) is 3.36. The number of benzene rings is 1. The van der Waals surface area contributed by atoms with Gasteiger partial charge in [-0.25, -0.2) is 9.97 Å². The van der Waals surface area contributed by atoms with Crippen molar-refractivity contribution in [2.45, 2.75) is 19.6 Å². The number of fused-ring (bicyclic) bond motifs is 1. The van der Waals surface area contributed by atoms with Crippen molar-refractivity contribution in [2.24, 2.45) is 0 Å². The number of hydrogen-bond donors (Lipinski definition) is 0. The lowest BCUT2D eigenvalue weighted by Crippen LogP contribution is -2.21. The second-order valence-electron chi connectivity index (χ2n) is 5.94. The number of aryl methyl sites for hydroxylation is 1. The van der Waals surface area contributed by atoms with Crippen molar-refractivity contribution < 1.29 is 9.53 Å². The van der Waals surface area contributed by atoms with Crippen LogP contribution >= 0.6 is 34.3 Å². The largest absolute Gasteiger partial charge is 0.459 e. The molecule has 0 N–H and O–H groups in total. The first-order valence-electron chi connectivity index (χ1n) is 8.39. The molecular weight excluding hydrogens is 418 g/mol. The third-order valence-corrected chi connectivity index (χ3v) is 6.04. The van der Waals surface area contributed by atoms with Gasteiger partial charge in [-0.2, -0.15) is 0 Å². The molecule has 9 heteroatoms. The van der Waals surface area contributed by atoms with Crippen LogP contribution in [0.3, 0.4) is 0 Å². The number of halogens is 1. The highest BCUT2D eigenvalue weighted by Gasteiger charge is 2.10. The van der Waals surface area contributed by atoms with E-state index < -0.39 is 5.97 Å². The van der Waals surface area contributed by atoms with Crippen molar-refractivity contribution >= 4 is 50.5 Å². The molecule has 0 atom stereocenters. The van der Waals surface area contributed by atoms with Crippen molar-refractivity contribution in [1.29, 1.82) is 0 Å². The second kappa shape index (κ2) is 8.22. The van der Waals surface area contributed by atoms with Gasteiger partial charge in [0.25, 0.3) is 5.56 Å². The number of nitrogens with zero attached hydrogens (tertiary/aromatic N) is 3. The van der Waals surface area contributed by atoms with E-state index in [4.69, 9.17) is 16.3 Å². The SMILES string of the molecule is O=C(CCn1cnc2sccc2c1=O)OCc1csc(-c2ccc(Cl)cc2)n1. The summed E-state index contributed by atoms with van der Waals surface area (Å²) in [6.45, 7) is 0.323. The van der Waals surface area contributed by atoms with Crippen molar-refractivity contribution in [1.82, 2.24) is 14.5 Å². The van der Waals surface area contributed by atoms with Crippen LogP contribution in [0, 0.1) is 0 Å². The molecule has 0 aliphatic carbocycles. The Morgan fingerprint density at radius 1 is 1.18 bits per heavy atom. The van der Waals surface area contributed by atoms with Gasteiger partial charge in [0.05, 0.1) is 23.8 Å². The molecule has 0 saturated carbocycles. The minimum absolute atomic E-state index is 0.0887. The van der Waals surface area contributed by atoms with E-state index in [0.717, 1.165) is 10.6 Å². The first kappa shape index (κ1) is 18.8. The van der Waals surface area contributed by atoms with Crippen LogP contribution in [0.1, 0.15) is 12.1 Å². The van der Waals surface area contributed by atoms with E-state index in [2.05, 4.69) is 9.97 Å². The number of ether oxygens (including phenoxy) is 1. The molecule has 6 nitrogen and oxygen atoms in total. The molecule has 0 amide bonds. The summed E-state index contributed by atoms with van der Waals surface area (Å²) in [6.07, 6.45) is 1.55. The maximum Gasteiger partial charge on any atom is 0.307 e. The summed E-state index contributed by atoms with van der Waals surface area (Å²) in [5, 5.41) is 5.75. The molecule has 0 fully saturated rings. The fraction of sp³-hybridized carbons (Fsp3) is 0.158. The Morgan fingerprint density at radius 2 is 2.00 bits per heavy atom. The summed E-state index contributed by atoms with van der Waals surface area (Å²) in [5.74, 6) is -0.390. The van der Waals surface area contributed by atoms with Crippen LogP contribution in [0.4, 0.5) is 0 Å². The van der Waals surface area contributed by atoms with Gasteiger partial charge in [-0.1, -0.05) is 23.7 Å². The van der Waals surface area contributed by atoms with Crippen LogP contribution in [0.5, 0.6) is 0 Å². The predicted octanol–water partition coefficient (Wildman–Crippen LogP) is 4.37. The van der Waals surface area contributed by atoms with Crippen LogP contribution < -0.4 is 5.56 Å². The lowest BCUT2D eigenvalue weighted by atomic mass is 10.2. The molecule has 3 heterocycles. The van der Waals surface area contributed by atoms with Crippen LogP contribution in [0.25, 0.3) is 20.8 Å². The normalized spacial score (nSPS) is 11.0. The topological polar surface area (TPSA) is 74.1 Å². The molecule has 0 spiro atoms. The second-order valence-corrected chi connectivity index (χ2v) is 8.13. The van der Waals surface area contributed by atoms with Gasteiger partial charge in [0.1, 0.15) is 16.4 Å². The molecule has 28 heavy (non-hydrogen) atoms. The Hall–Kier alpha value is -2.55. The van der Waals surface area contributed by atoms with E-state index in [-0.39, 0.29) is 25.1 Å². The Morgan fingerprint density at radius 3 is 2.82 bits per heavy atom. The van der Waals surface area contributed by atoms with Gasteiger partial charge in [0.2, 0.25) is 0 Å². The van der Waals surface area contributed by atoms with Gasteiger partial charge in [0, 0.05) is 22.5 Å². The number of thiophene rings is 1. The number of hydrogen-bond acceptors (Lipinski definition) is 7. The van der Waals surface area contributed by atoms with E-state index in [1.54, 1.807) is 6.07 Å². The molecule has 0 aliphatic rings. The molecular formula is C19H14ClN3O3S2. The third kappa shape index (κ3) is 4.14. The standard InChI is InChI=1S/C19H14ClN3O3S2/c20-13-3-1-12(2-4-13)17-22-14(10-28-17)9-26-16(24)5-7-23-11-21-18-15(19(23)25)6-8-27-18/h1-4,6,8,10-11H,5,7,9H2. The zero-order chi connectivity index (χ0) is 19.5. The fourth-order valence-corrected chi connectivity index (χ4v) is 4.25. The average molecular weight is 432 g/mol. The van der Waals surface area contributed by atoms with Gasteiger partial charge in [0.15, 0.2) is 0 Å². The lowest BCUT2D eigenvalue weighted by molar-refractivity contribution is -0.145. The molecule has 1 aromatic carbocycles. The Balaban J connectivity index is 1.32. The summed E-state index contributed by atoms with van der Waals surface area (Å²) in [7, 11) is 0. The third-order valence-electron chi connectivity index (χ3n) is 4.03. The fourth-order valence-electron chi connectivity index (χ4n) is 2.59. The lowest BCUT2D eigenvalue weighted by Gasteiger charge is -2.05. The van der Waals surface area contributed by atoms with Crippen molar-refractivity contribution in [3.8, 4) is 10.6 Å². The molecule has 3 aromatic heterocycles. The Kier molecular flexibility index (Phi) is 5.52. The summed E-state index contributed by atoms with van der Waals surface area (Å²) < 4.78 is 6.71. The van der Waals surface area contributed by atoms with Crippen LogP contribution in [0.2, 0.25) is 5.02 Å². The Labute approximate surface area is 173 Å². The maximum absolute atomic E-state index is 12.3. The van der Waals surface area contributed by atoms with Gasteiger partial charge in [-0.3, -0.25) is 14.2 Å². The number of esters is 1. The molecule has 142 valence electrons. The molecule has 0 bridgehead atoms. The quantitative estimate of drug-likeness (QED) is 0.424. The smallest absolute Gasteiger partial charge is 0.307 e. The number of rotatable bonds is 6. The molecule has 4 rings (SSSR count). The van der Waals surface area contributed by atoms with Crippen LogP contribution in [-0.2, 0) is 22.7 Å². The van der Waals surface area contributed by atoms with Gasteiger partial charge in [-0.05, 0) is 23.6 Å². The van der Waals surface area contributed by atoms with Gasteiger partial charge in [-0.15, -0.1) is 22.7 Å². The number of carbonyl (C=O) groups excluding carboxylic acids is 1. The van der Waals surface area contributed by atoms with E-state index in [1.807, 2.05) is 35.0 Å². The van der Waals surface area contributed by atoms with Gasteiger partial charge < -0.3 is 4.74 Å². The zero-order valence-corrected chi connectivity index (χ0v) is 16.9. The van der Waals surface area contributed by atoms with Crippen LogP contribution in [0.15, 0.2) is 52.2 Å². The number of carbonyl (C=O) groups is 1. The Bertz CT molecular complexity index is 1180. The van der Waals surface area contributed by atoms with E-state index in [1.165, 1.54) is 33.6 Å². The summed E-state index contributed by atoms with van der Waals surface area (Å²) in [6, 6.07) is 9.15. The highest BCUT2D eigenvalue weighted by Crippen LogP contribution is 2.25. The highest BCUT2D eigenvalue weighted by atomic mass is 35.5. The van der Waals surface area contributed by atoms with E-state index in [9.17, 15) is 9.59 Å². The first-order valence-corrected chi connectivity index (χ1v) is 10.5. The molecule has 0 radical (unpaired) electrons. The summed E-state index contributed by atoms with van der Waals surface area (Å²) in [4.78, 5) is 33.7. The predicted molar refractivity (Wildman–Crippen MR) is 111 cm³/mol. The maximum atomic E-state index is 12.3. The molecule has 0 aliphatic heterocycles. The molecule has 0 unspecified atom stereocenters. The zero-order valence-electron chi connectivity index (χ0n) is 14.5. The van der Waals surface area contributed by atoms with E-state index in [0.29, 0.717) is 20.9 Å².